The summed E-state index contributed by atoms with van der Waals surface area (Å²) >= 11 is 0. The lowest BCUT2D eigenvalue weighted by molar-refractivity contribution is -0.122. The molecular weight excluding hydrogens is 188 g/mol. The second-order valence-electron chi connectivity index (χ2n) is 4.45. The van der Waals surface area contributed by atoms with E-state index in [-0.39, 0.29) is 5.91 Å². The molecule has 2 rings (SSSR count). The third-order valence-electron chi connectivity index (χ3n) is 3.28. The third-order valence-corrected chi connectivity index (χ3v) is 3.28. The molecule has 1 N–H and O–H groups in total. The van der Waals surface area contributed by atoms with Crippen LogP contribution in [0.15, 0.2) is 6.07 Å². The Morgan fingerprint density at radius 1 is 1.53 bits per heavy atom. The van der Waals surface area contributed by atoms with Crippen LogP contribution in [0, 0.1) is 19.8 Å². The summed E-state index contributed by atoms with van der Waals surface area (Å²) in [5, 5.41) is 2.99. The van der Waals surface area contributed by atoms with Gasteiger partial charge in [-0.2, -0.15) is 0 Å². The lowest BCUT2D eigenvalue weighted by atomic mass is 10.2. The van der Waals surface area contributed by atoms with Crippen molar-refractivity contribution in [3.05, 3.63) is 23.0 Å². The fraction of sp³-hybridized carbons (Fsp3) is 0.583. The molecule has 3 heteroatoms. The number of aryl methyl sites for hydroxylation is 1. The molecule has 0 unspecified atom stereocenters. The van der Waals surface area contributed by atoms with Crippen molar-refractivity contribution in [1.82, 2.24) is 9.88 Å². The zero-order valence-corrected chi connectivity index (χ0v) is 9.63. The number of aromatic nitrogens is 1. The highest BCUT2D eigenvalue weighted by Gasteiger charge is 2.29. The van der Waals surface area contributed by atoms with Crippen molar-refractivity contribution in [2.24, 2.45) is 13.0 Å². The van der Waals surface area contributed by atoms with E-state index >= 15 is 0 Å². The molecule has 1 aliphatic rings. The zero-order chi connectivity index (χ0) is 11.0. The second kappa shape index (κ2) is 3.72. The summed E-state index contributed by atoms with van der Waals surface area (Å²) in [5.41, 5.74) is 3.70. The van der Waals surface area contributed by atoms with Gasteiger partial charge in [0.25, 0.3) is 0 Å². The van der Waals surface area contributed by atoms with E-state index in [1.807, 2.05) is 0 Å². The SMILES string of the molecule is Cc1cc(CNC(=O)C2CC2)c(C)n1C. The Labute approximate surface area is 90.5 Å². The van der Waals surface area contributed by atoms with Gasteiger partial charge in [0.2, 0.25) is 5.91 Å². The average Bonchev–Trinajstić information content (AvgIpc) is 3.01. The molecule has 1 aromatic rings. The van der Waals surface area contributed by atoms with Crippen LogP contribution in [0.1, 0.15) is 29.8 Å². The molecule has 1 saturated carbocycles. The molecule has 3 nitrogen and oxygen atoms in total. The Morgan fingerprint density at radius 3 is 2.67 bits per heavy atom. The van der Waals surface area contributed by atoms with Crippen LogP contribution in [0.25, 0.3) is 0 Å². The average molecular weight is 206 g/mol. The Balaban J connectivity index is 1.98. The Bertz CT molecular complexity index is 389. The van der Waals surface area contributed by atoms with Crippen LogP contribution in [0.4, 0.5) is 0 Å². The number of nitrogens with one attached hydrogen (secondary N) is 1. The van der Waals surface area contributed by atoms with Gasteiger partial charge < -0.3 is 9.88 Å². The summed E-state index contributed by atoms with van der Waals surface area (Å²) in [7, 11) is 2.05. The van der Waals surface area contributed by atoms with Crippen molar-refractivity contribution in [3.8, 4) is 0 Å². The van der Waals surface area contributed by atoms with E-state index in [2.05, 4.69) is 36.8 Å². The lowest BCUT2D eigenvalue weighted by Gasteiger charge is -2.04. The predicted molar refractivity (Wildman–Crippen MR) is 59.5 cm³/mol. The fourth-order valence-corrected chi connectivity index (χ4v) is 1.78. The molecule has 0 atom stereocenters. The number of nitrogens with zero attached hydrogens (tertiary/aromatic N) is 1. The number of rotatable bonds is 3. The first-order valence-corrected chi connectivity index (χ1v) is 5.49. The standard InChI is InChI=1S/C12H18N2O/c1-8-6-11(9(2)14(8)3)7-13-12(15)10-4-5-10/h6,10H,4-5,7H2,1-3H3,(H,13,15). The van der Waals surface area contributed by atoms with Crippen molar-refractivity contribution in [2.45, 2.75) is 33.2 Å². The van der Waals surface area contributed by atoms with Gasteiger partial charge in [-0.1, -0.05) is 0 Å². The molecule has 1 fully saturated rings. The second-order valence-corrected chi connectivity index (χ2v) is 4.45. The number of carbonyl (C=O) groups excluding carboxylic acids is 1. The van der Waals surface area contributed by atoms with Gasteiger partial charge in [0.15, 0.2) is 0 Å². The van der Waals surface area contributed by atoms with Gasteiger partial charge in [0.05, 0.1) is 0 Å². The van der Waals surface area contributed by atoms with Gasteiger partial charge in [0, 0.05) is 30.9 Å². The Morgan fingerprint density at radius 2 is 2.20 bits per heavy atom. The minimum atomic E-state index is 0.218. The van der Waals surface area contributed by atoms with Crippen LogP contribution in [-0.4, -0.2) is 10.5 Å². The normalized spacial score (nSPS) is 15.4. The zero-order valence-electron chi connectivity index (χ0n) is 9.63. The van der Waals surface area contributed by atoms with Crippen molar-refractivity contribution in [1.29, 1.82) is 0 Å². The van der Waals surface area contributed by atoms with Gasteiger partial charge in [-0.3, -0.25) is 4.79 Å². The van der Waals surface area contributed by atoms with Crippen LogP contribution in [0.5, 0.6) is 0 Å². The monoisotopic (exact) mass is 206 g/mol. The summed E-state index contributed by atoms with van der Waals surface area (Å²) in [6, 6.07) is 2.14. The van der Waals surface area contributed by atoms with Crippen molar-refractivity contribution in [2.75, 3.05) is 0 Å². The van der Waals surface area contributed by atoms with E-state index in [0.717, 1.165) is 12.8 Å². The molecule has 1 aromatic heterocycles. The molecule has 0 bridgehead atoms. The molecule has 15 heavy (non-hydrogen) atoms. The lowest BCUT2D eigenvalue weighted by Crippen LogP contribution is -2.24. The minimum absolute atomic E-state index is 0.218. The first-order chi connectivity index (χ1) is 7.09. The highest BCUT2D eigenvalue weighted by atomic mass is 16.2. The third kappa shape index (κ3) is 2.06. The predicted octanol–water partition coefficient (Wildman–Crippen LogP) is 1.67. The quantitative estimate of drug-likeness (QED) is 0.802. The summed E-state index contributed by atoms with van der Waals surface area (Å²) < 4.78 is 2.15. The molecule has 0 aliphatic heterocycles. The largest absolute Gasteiger partial charge is 0.352 e. The highest BCUT2D eigenvalue weighted by molar-refractivity contribution is 5.80. The van der Waals surface area contributed by atoms with Gasteiger partial charge in [-0.25, -0.2) is 0 Å². The summed E-state index contributed by atoms with van der Waals surface area (Å²) in [4.78, 5) is 11.5. The Kier molecular flexibility index (Phi) is 2.55. The summed E-state index contributed by atoms with van der Waals surface area (Å²) in [6.45, 7) is 4.84. The summed E-state index contributed by atoms with van der Waals surface area (Å²) in [5.74, 6) is 0.519. The molecule has 82 valence electrons. The van der Waals surface area contributed by atoms with Gasteiger partial charge in [0.1, 0.15) is 0 Å². The van der Waals surface area contributed by atoms with Crippen molar-refractivity contribution < 1.29 is 4.79 Å². The van der Waals surface area contributed by atoms with Crippen molar-refractivity contribution >= 4 is 5.91 Å². The van der Waals surface area contributed by atoms with Crippen LogP contribution in [0.2, 0.25) is 0 Å². The smallest absolute Gasteiger partial charge is 0.223 e. The number of amides is 1. The maximum absolute atomic E-state index is 11.5. The fourth-order valence-electron chi connectivity index (χ4n) is 1.78. The minimum Gasteiger partial charge on any atom is -0.352 e. The maximum Gasteiger partial charge on any atom is 0.223 e. The molecule has 1 amide bonds. The number of hydrogen-bond donors (Lipinski definition) is 1. The van der Waals surface area contributed by atoms with Crippen LogP contribution in [0.3, 0.4) is 0 Å². The molecule has 0 saturated heterocycles. The van der Waals surface area contributed by atoms with Gasteiger partial charge in [-0.15, -0.1) is 0 Å². The topological polar surface area (TPSA) is 34.0 Å². The van der Waals surface area contributed by atoms with Crippen molar-refractivity contribution in [3.63, 3.8) is 0 Å². The molecule has 1 aliphatic carbocycles. The summed E-state index contributed by atoms with van der Waals surface area (Å²) in [6.07, 6.45) is 2.14. The molecular formula is C12H18N2O. The van der Waals surface area contributed by atoms with E-state index in [1.54, 1.807) is 0 Å². The van der Waals surface area contributed by atoms with E-state index in [1.165, 1.54) is 17.0 Å². The van der Waals surface area contributed by atoms with Crippen LogP contribution < -0.4 is 5.32 Å². The van der Waals surface area contributed by atoms with E-state index in [0.29, 0.717) is 12.5 Å². The van der Waals surface area contributed by atoms with Crippen LogP contribution in [-0.2, 0) is 18.4 Å². The number of hydrogen-bond acceptors (Lipinski definition) is 1. The van der Waals surface area contributed by atoms with Gasteiger partial charge in [-0.05, 0) is 38.3 Å². The maximum atomic E-state index is 11.5. The first kappa shape index (κ1) is 10.3. The molecule has 0 radical (unpaired) electrons. The Hall–Kier alpha value is -1.25. The van der Waals surface area contributed by atoms with E-state index < -0.39 is 0 Å². The van der Waals surface area contributed by atoms with E-state index in [4.69, 9.17) is 0 Å². The first-order valence-electron chi connectivity index (χ1n) is 5.49. The number of carbonyl (C=O) groups is 1. The van der Waals surface area contributed by atoms with Gasteiger partial charge >= 0.3 is 0 Å². The highest BCUT2D eigenvalue weighted by Crippen LogP contribution is 2.28. The van der Waals surface area contributed by atoms with E-state index in [9.17, 15) is 4.79 Å². The molecule has 0 spiro atoms. The molecule has 1 heterocycles. The molecule has 0 aromatic carbocycles. The van der Waals surface area contributed by atoms with Crippen LogP contribution >= 0.6 is 0 Å².